The third-order valence-corrected chi connectivity index (χ3v) is 4.66. The Bertz CT molecular complexity index is 505. The van der Waals surface area contributed by atoms with Crippen molar-refractivity contribution in [3.63, 3.8) is 0 Å². The number of piperidine rings is 1. The van der Waals surface area contributed by atoms with Crippen molar-refractivity contribution in [1.82, 2.24) is 10.6 Å². The van der Waals surface area contributed by atoms with Gasteiger partial charge in [-0.05, 0) is 58.9 Å². The summed E-state index contributed by atoms with van der Waals surface area (Å²) in [5.74, 6) is -0.658. The van der Waals surface area contributed by atoms with Crippen LogP contribution in [-0.4, -0.2) is 25.0 Å². The minimum atomic E-state index is -0.408. The first-order valence-electron chi connectivity index (χ1n) is 6.87. The molecule has 1 unspecified atom stereocenters. The van der Waals surface area contributed by atoms with Crippen LogP contribution in [-0.2, 0) is 0 Å². The van der Waals surface area contributed by atoms with Crippen molar-refractivity contribution in [2.45, 2.75) is 32.7 Å². The maximum absolute atomic E-state index is 13.2. The summed E-state index contributed by atoms with van der Waals surface area (Å²) < 4.78 is 13.8. The largest absolute Gasteiger partial charge is 0.350 e. The molecule has 2 rings (SSSR count). The van der Waals surface area contributed by atoms with Crippen LogP contribution >= 0.6 is 15.9 Å². The van der Waals surface area contributed by atoms with Gasteiger partial charge in [0.05, 0.1) is 5.56 Å². The molecule has 0 aromatic heterocycles. The van der Waals surface area contributed by atoms with Crippen LogP contribution in [0.5, 0.6) is 0 Å². The van der Waals surface area contributed by atoms with Crippen molar-refractivity contribution in [1.29, 1.82) is 0 Å². The number of benzene rings is 1. The molecule has 1 saturated heterocycles. The fourth-order valence-corrected chi connectivity index (χ4v) is 3.01. The van der Waals surface area contributed by atoms with Crippen LogP contribution in [0.2, 0.25) is 0 Å². The van der Waals surface area contributed by atoms with Gasteiger partial charge in [-0.3, -0.25) is 4.79 Å². The highest BCUT2D eigenvalue weighted by atomic mass is 79.9. The van der Waals surface area contributed by atoms with Gasteiger partial charge >= 0.3 is 0 Å². The monoisotopic (exact) mass is 342 g/mol. The third-order valence-electron chi connectivity index (χ3n) is 3.97. The lowest BCUT2D eigenvalue weighted by molar-refractivity contribution is 0.0927. The lowest BCUT2D eigenvalue weighted by atomic mass is 9.77. The van der Waals surface area contributed by atoms with E-state index in [4.69, 9.17) is 0 Å². The Morgan fingerprint density at radius 2 is 2.30 bits per heavy atom. The number of rotatable bonds is 3. The van der Waals surface area contributed by atoms with Crippen molar-refractivity contribution in [3.05, 3.63) is 34.1 Å². The van der Waals surface area contributed by atoms with Crippen LogP contribution in [0.3, 0.4) is 0 Å². The SMILES string of the molecule is CC1(C)CCCNC1CNC(=O)c1cc(F)ccc1Br. The quantitative estimate of drug-likeness (QED) is 0.886. The molecule has 0 radical (unpaired) electrons. The van der Waals surface area contributed by atoms with E-state index >= 15 is 0 Å². The Hall–Kier alpha value is -0.940. The molecular weight excluding hydrogens is 323 g/mol. The fourth-order valence-electron chi connectivity index (χ4n) is 2.58. The molecule has 1 aliphatic heterocycles. The second-order valence-electron chi connectivity index (χ2n) is 5.93. The maximum Gasteiger partial charge on any atom is 0.252 e. The van der Waals surface area contributed by atoms with Gasteiger partial charge in [0.2, 0.25) is 0 Å². The zero-order valence-corrected chi connectivity index (χ0v) is 13.4. The highest BCUT2D eigenvalue weighted by Gasteiger charge is 2.32. The van der Waals surface area contributed by atoms with Gasteiger partial charge in [0.15, 0.2) is 0 Å². The summed E-state index contributed by atoms with van der Waals surface area (Å²) >= 11 is 3.28. The zero-order valence-electron chi connectivity index (χ0n) is 11.8. The van der Waals surface area contributed by atoms with Gasteiger partial charge in [-0.25, -0.2) is 4.39 Å². The number of halogens is 2. The van der Waals surface area contributed by atoms with Gasteiger partial charge in [-0.2, -0.15) is 0 Å². The van der Waals surface area contributed by atoms with Gasteiger partial charge in [-0.15, -0.1) is 0 Å². The number of nitrogens with one attached hydrogen (secondary N) is 2. The molecule has 5 heteroatoms. The molecule has 1 aromatic carbocycles. The normalized spacial score (nSPS) is 21.5. The lowest BCUT2D eigenvalue weighted by Gasteiger charge is -2.39. The fraction of sp³-hybridized carbons (Fsp3) is 0.533. The number of carbonyl (C=O) groups excluding carboxylic acids is 1. The van der Waals surface area contributed by atoms with Crippen LogP contribution in [0, 0.1) is 11.2 Å². The number of carbonyl (C=O) groups is 1. The summed E-state index contributed by atoms with van der Waals surface area (Å²) in [6, 6.07) is 4.37. The predicted octanol–water partition coefficient (Wildman–Crippen LogP) is 3.10. The van der Waals surface area contributed by atoms with Crippen LogP contribution in [0.4, 0.5) is 4.39 Å². The molecule has 1 heterocycles. The Morgan fingerprint density at radius 1 is 1.55 bits per heavy atom. The first kappa shape index (κ1) is 15.4. The summed E-state index contributed by atoms with van der Waals surface area (Å²) in [6.07, 6.45) is 2.30. The van der Waals surface area contributed by atoms with E-state index in [1.807, 2.05) is 0 Å². The highest BCUT2D eigenvalue weighted by molar-refractivity contribution is 9.10. The number of hydrogen-bond donors (Lipinski definition) is 2. The summed E-state index contributed by atoms with van der Waals surface area (Å²) in [4.78, 5) is 12.1. The Balaban J connectivity index is 2.00. The van der Waals surface area contributed by atoms with E-state index in [1.54, 1.807) is 6.07 Å². The Labute approximate surface area is 127 Å². The maximum atomic E-state index is 13.2. The molecule has 1 amide bonds. The zero-order chi connectivity index (χ0) is 14.8. The van der Waals surface area contributed by atoms with Gasteiger partial charge in [-0.1, -0.05) is 13.8 Å². The summed E-state index contributed by atoms with van der Waals surface area (Å²) in [5.41, 5.74) is 0.489. The van der Waals surface area contributed by atoms with Crippen molar-refractivity contribution in [3.8, 4) is 0 Å². The lowest BCUT2D eigenvalue weighted by Crippen LogP contribution is -2.52. The Morgan fingerprint density at radius 3 is 3.00 bits per heavy atom. The molecule has 1 fully saturated rings. The molecule has 1 atom stereocenters. The molecule has 0 aliphatic carbocycles. The highest BCUT2D eigenvalue weighted by Crippen LogP contribution is 2.29. The summed E-state index contributed by atoms with van der Waals surface area (Å²) in [5, 5.41) is 6.34. The first-order chi connectivity index (χ1) is 9.40. The van der Waals surface area contributed by atoms with Gasteiger partial charge in [0.1, 0.15) is 5.82 Å². The van der Waals surface area contributed by atoms with Crippen LogP contribution in [0.15, 0.2) is 22.7 Å². The Kier molecular flexibility index (Phi) is 4.81. The van der Waals surface area contributed by atoms with E-state index < -0.39 is 5.82 Å². The van der Waals surface area contributed by atoms with Crippen molar-refractivity contribution in [2.24, 2.45) is 5.41 Å². The van der Waals surface area contributed by atoms with Crippen LogP contribution in [0.25, 0.3) is 0 Å². The minimum absolute atomic E-state index is 0.157. The van der Waals surface area contributed by atoms with Crippen LogP contribution < -0.4 is 10.6 Å². The molecule has 110 valence electrons. The number of amides is 1. The summed E-state index contributed by atoms with van der Waals surface area (Å²) in [6.45, 7) is 5.94. The molecule has 0 saturated carbocycles. The van der Waals surface area contributed by atoms with Crippen molar-refractivity contribution >= 4 is 21.8 Å². The molecule has 20 heavy (non-hydrogen) atoms. The first-order valence-corrected chi connectivity index (χ1v) is 7.66. The molecule has 0 bridgehead atoms. The van der Waals surface area contributed by atoms with Crippen molar-refractivity contribution in [2.75, 3.05) is 13.1 Å². The van der Waals surface area contributed by atoms with E-state index in [0.29, 0.717) is 16.6 Å². The van der Waals surface area contributed by atoms with E-state index in [1.165, 1.54) is 12.1 Å². The molecule has 2 N–H and O–H groups in total. The van der Waals surface area contributed by atoms with E-state index in [0.717, 1.165) is 19.4 Å². The average Bonchev–Trinajstić information content (AvgIpc) is 2.39. The van der Waals surface area contributed by atoms with Gasteiger partial charge < -0.3 is 10.6 Å². The molecule has 1 aliphatic rings. The van der Waals surface area contributed by atoms with Crippen LogP contribution in [0.1, 0.15) is 37.0 Å². The standard InChI is InChI=1S/C15H20BrFN2O/c1-15(2)6-3-7-18-13(15)9-19-14(20)11-8-10(17)4-5-12(11)16/h4-5,8,13,18H,3,6-7,9H2,1-2H3,(H,19,20). The third kappa shape index (κ3) is 3.58. The molecule has 0 spiro atoms. The van der Waals surface area contributed by atoms with E-state index in [-0.39, 0.29) is 17.4 Å². The van der Waals surface area contributed by atoms with Gasteiger partial charge in [0.25, 0.3) is 5.91 Å². The smallest absolute Gasteiger partial charge is 0.252 e. The second kappa shape index (κ2) is 6.22. The van der Waals surface area contributed by atoms with Gasteiger partial charge in [0, 0.05) is 17.1 Å². The number of hydrogen-bond acceptors (Lipinski definition) is 2. The summed E-state index contributed by atoms with van der Waals surface area (Å²) in [7, 11) is 0. The topological polar surface area (TPSA) is 41.1 Å². The van der Waals surface area contributed by atoms with E-state index in [9.17, 15) is 9.18 Å². The minimum Gasteiger partial charge on any atom is -0.350 e. The van der Waals surface area contributed by atoms with Crippen molar-refractivity contribution < 1.29 is 9.18 Å². The molecule has 3 nitrogen and oxygen atoms in total. The molecular formula is C15H20BrFN2O. The predicted molar refractivity (Wildman–Crippen MR) is 81.2 cm³/mol. The van der Waals surface area contributed by atoms with E-state index in [2.05, 4.69) is 40.4 Å². The second-order valence-corrected chi connectivity index (χ2v) is 6.79. The molecule has 1 aromatic rings. The average molecular weight is 343 g/mol.